The van der Waals surface area contributed by atoms with Gasteiger partial charge in [-0.1, -0.05) is 19.3 Å². The first-order valence-electron chi connectivity index (χ1n) is 6.68. The molecule has 0 aliphatic heterocycles. The summed E-state index contributed by atoms with van der Waals surface area (Å²) in [5.41, 5.74) is 4.77. The minimum Gasteiger partial charge on any atom is -0.389 e. The Kier molecular flexibility index (Phi) is 6.32. The van der Waals surface area contributed by atoms with Crippen molar-refractivity contribution in [2.45, 2.75) is 70.0 Å². The second kappa shape index (κ2) is 7.25. The third-order valence-electron chi connectivity index (χ3n) is 3.46. The normalized spacial score (nSPS) is 21.9. The molecule has 16 heavy (non-hydrogen) atoms. The van der Waals surface area contributed by atoms with Gasteiger partial charge in [-0.25, -0.2) is 0 Å². The van der Waals surface area contributed by atoms with Gasteiger partial charge < -0.3 is 15.6 Å². The van der Waals surface area contributed by atoms with Gasteiger partial charge >= 0.3 is 0 Å². The van der Waals surface area contributed by atoms with E-state index >= 15 is 0 Å². The molecule has 0 aromatic rings. The monoisotopic (exact) mass is 229 g/mol. The fraction of sp³-hybridized carbons (Fsp3) is 1.00. The molecule has 3 nitrogen and oxygen atoms in total. The van der Waals surface area contributed by atoms with Crippen LogP contribution in [0, 0.1) is 0 Å². The second-order valence-corrected chi connectivity index (χ2v) is 5.29. The summed E-state index contributed by atoms with van der Waals surface area (Å²) in [6.45, 7) is 2.98. The van der Waals surface area contributed by atoms with Crippen molar-refractivity contribution < 1.29 is 9.84 Å². The van der Waals surface area contributed by atoms with Crippen molar-refractivity contribution in [2.24, 2.45) is 5.73 Å². The lowest BCUT2D eigenvalue weighted by molar-refractivity contribution is 0.0197. The highest BCUT2D eigenvalue weighted by atomic mass is 16.5. The van der Waals surface area contributed by atoms with Gasteiger partial charge in [-0.15, -0.1) is 0 Å². The molecule has 1 aliphatic rings. The van der Waals surface area contributed by atoms with Crippen LogP contribution in [0.2, 0.25) is 0 Å². The van der Waals surface area contributed by atoms with Crippen LogP contribution >= 0.6 is 0 Å². The van der Waals surface area contributed by atoms with Crippen LogP contribution in [0.4, 0.5) is 0 Å². The van der Waals surface area contributed by atoms with Gasteiger partial charge in [0.2, 0.25) is 0 Å². The van der Waals surface area contributed by atoms with E-state index in [4.69, 9.17) is 10.5 Å². The Balaban J connectivity index is 1.95. The largest absolute Gasteiger partial charge is 0.389 e. The Labute approximate surface area is 99.4 Å². The van der Waals surface area contributed by atoms with E-state index < -0.39 is 5.60 Å². The molecule has 0 aromatic carbocycles. The maximum atomic E-state index is 9.71. The predicted octanol–water partition coefficient (Wildman–Crippen LogP) is 2.22. The quantitative estimate of drug-likeness (QED) is 0.658. The van der Waals surface area contributed by atoms with Crippen molar-refractivity contribution in [1.29, 1.82) is 0 Å². The van der Waals surface area contributed by atoms with Gasteiger partial charge in [0.15, 0.2) is 0 Å². The highest BCUT2D eigenvalue weighted by Crippen LogP contribution is 2.20. The van der Waals surface area contributed by atoms with E-state index in [0.717, 1.165) is 25.9 Å². The highest BCUT2D eigenvalue weighted by molar-refractivity contribution is 4.72. The molecule has 1 atom stereocenters. The van der Waals surface area contributed by atoms with E-state index in [1.807, 2.05) is 0 Å². The van der Waals surface area contributed by atoms with Gasteiger partial charge in [0.25, 0.3) is 0 Å². The van der Waals surface area contributed by atoms with Gasteiger partial charge in [-0.3, -0.25) is 0 Å². The van der Waals surface area contributed by atoms with Crippen LogP contribution < -0.4 is 5.73 Å². The summed E-state index contributed by atoms with van der Waals surface area (Å²) in [5.74, 6) is 0. The van der Waals surface area contributed by atoms with E-state index in [1.165, 1.54) is 32.1 Å². The molecule has 1 unspecified atom stereocenters. The van der Waals surface area contributed by atoms with Gasteiger partial charge in [-0.2, -0.15) is 0 Å². The lowest BCUT2D eigenvalue weighted by Crippen LogP contribution is -2.33. The van der Waals surface area contributed by atoms with Crippen LogP contribution in [0.15, 0.2) is 0 Å². The molecule has 3 N–H and O–H groups in total. The maximum absolute atomic E-state index is 9.71. The number of nitrogens with two attached hydrogens (primary N) is 1. The number of hydrogen-bond acceptors (Lipinski definition) is 3. The zero-order chi connectivity index (χ0) is 11.9. The predicted molar refractivity (Wildman–Crippen MR) is 66.4 cm³/mol. The summed E-state index contributed by atoms with van der Waals surface area (Å²) in [7, 11) is 0. The molecule has 0 radical (unpaired) electrons. The van der Waals surface area contributed by atoms with Crippen molar-refractivity contribution in [3.05, 3.63) is 0 Å². The smallest absolute Gasteiger partial charge is 0.0741 e. The molecule has 1 aliphatic carbocycles. The van der Waals surface area contributed by atoms with Crippen LogP contribution in [0.1, 0.15) is 58.3 Å². The van der Waals surface area contributed by atoms with Crippen LogP contribution in [-0.4, -0.2) is 30.0 Å². The van der Waals surface area contributed by atoms with E-state index in [9.17, 15) is 5.11 Å². The zero-order valence-corrected chi connectivity index (χ0v) is 10.6. The van der Waals surface area contributed by atoms with Crippen LogP contribution in [-0.2, 0) is 4.74 Å². The third-order valence-corrected chi connectivity index (χ3v) is 3.46. The number of ether oxygens (including phenoxy) is 1. The summed E-state index contributed by atoms with van der Waals surface area (Å²) in [6.07, 6.45) is 9.81. The third kappa shape index (κ3) is 5.83. The molecule has 0 spiro atoms. The molecule has 3 heteroatoms. The van der Waals surface area contributed by atoms with Crippen molar-refractivity contribution in [3.63, 3.8) is 0 Å². The Morgan fingerprint density at radius 1 is 1.25 bits per heavy atom. The van der Waals surface area contributed by atoms with E-state index in [-0.39, 0.29) is 0 Å². The van der Waals surface area contributed by atoms with E-state index in [1.54, 1.807) is 6.92 Å². The van der Waals surface area contributed by atoms with Crippen molar-refractivity contribution in [3.8, 4) is 0 Å². The molecule has 0 bridgehead atoms. The molecular weight excluding hydrogens is 202 g/mol. The fourth-order valence-electron chi connectivity index (χ4n) is 2.19. The fourth-order valence-corrected chi connectivity index (χ4v) is 2.19. The summed E-state index contributed by atoms with van der Waals surface area (Å²) in [5, 5.41) is 9.71. The summed E-state index contributed by atoms with van der Waals surface area (Å²) < 4.78 is 5.82. The molecule has 96 valence electrons. The minimum absolute atomic E-state index is 0.344. The van der Waals surface area contributed by atoms with Crippen LogP contribution in [0.25, 0.3) is 0 Å². The summed E-state index contributed by atoms with van der Waals surface area (Å²) in [4.78, 5) is 0. The standard InChI is InChI=1S/C13H27NO2/c1-13(15,11-14)9-5-6-10-16-12-7-3-2-4-8-12/h12,15H,2-11,14H2,1H3. The Morgan fingerprint density at radius 2 is 1.94 bits per heavy atom. The number of aliphatic hydroxyl groups is 1. The van der Waals surface area contributed by atoms with E-state index in [0.29, 0.717) is 12.6 Å². The SMILES string of the molecule is CC(O)(CN)CCCCOC1CCCCC1. The number of unbranched alkanes of at least 4 members (excludes halogenated alkanes) is 1. The van der Waals surface area contributed by atoms with Crippen LogP contribution in [0.5, 0.6) is 0 Å². The van der Waals surface area contributed by atoms with Gasteiger partial charge in [0, 0.05) is 13.2 Å². The first kappa shape index (κ1) is 13.9. The summed E-state index contributed by atoms with van der Waals surface area (Å²) in [6, 6.07) is 0. The summed E-state index contributed by atoms with van der Waals surface area (Å²) >= 11 is 0. The Bertz CT molecular complexity index is 177. The lowest BCUT2D eigenvalue weighted by atomic mass is 9.97. The zero-order valence-electron chi connectivity index (χ0n) is 10.6. The maximum Gasteiger partial charge on any atom is 0.0741 e. The Hall–Kier alpha value is -0.120. The van der Waals surface area contributed by atoms with Crippen molar-refractivity contribution in [1.82, 2.24) is 0 Å². The van der Waals surface area contributed by atoms with Crippen LogP contribution in [0.3, 0.4) is 0 Å². The molecule has 1 fully saturated rings. The van der Waals surface area contributed by atoms with E-state index in [2.05, 4.69) is 0 Å². The first-order valence-corrected chi connectivity index (χ1v) is 6.68. The minimum atomic E-state index is -0.690. The average Bonchev–Trinajstić information content (AvgIpc) is 2.30. The highest BCUT2D eigenvalue weighted by Gasteiger charge is 2.17. The molecule has 1 rings (SSSR count). The first-order chi connectivity index (χ1) is 7.64. The second-order valence-electron chi connectivity index (χ2n) is 5.29. The Morgan fingerprint density at radius 3 is 2.56 bits per heavy atom. The molecule has 0 saturated heterocycles. The van der Waals surface area contributed by atoms with Crippen molar-refractivity contribution >= 4 is 0 Å². The lowest BCUT2D eigenvalue weighted by Gasteiger charge is -2.23. The number of rotatable bonds is 7. The van der Waals surface area contributed by atoms with Gasteiger partial charge in [0.05, 0.1) is 11.7 Å². The molecule has 1 saturated carbocycles. The molecule has 0 amide bonds. The number of hydrogen-bond donors (Lipinski definition) is 2. The van der Waals surface area contributed by atoms with Gasteiger partial charge in [0.1, 0.15) is 0 Å². The van der Waals surface area contributed by atoms with Gasteiger partial charge in [-0.05, 0) is 39.0 Å². The topological polar surface area (TPSA) is 55.5 Å². The van der Waals surface area contributed by atoms with Crippen molar-refractivity contribution in [2.75, 3.05) is 13.2 Å². The molecular formula is C13H27NO2. The molecule has 0 aromatic heterocycles. The molecule has 0 heterocycles. The average molecular weight is 229 g/mol.